The summed E-state index contributed by atoms with van der Waals surface area (Å²) in [6.07, 6.45) is 4.13. The molecule has 2 fully saturated rings. The van der Waals surface area contributed by atoms with Gasteiger partial charge in [-0.25, -0.2) is 4.98 Å². The van der Waals surface area contributed by atoms with E-state index in [1.165, 1.54) is 32.4 Å². The van der Waals surface area contributed by atoms with Gasteiger partial charge in [0, 0.05) is 32.2 Å². The van der Waals surface area contributed by atoms with Gasteiger partial charge in [-0.3, -0.25) is 4.90 Å². The fraction of sp³-hybridized carbons (Fsp3) is 0.667. The largest absolute Gasteiger partial charge is 0.354 e. The third-order valence-corrected chi connectivity index (χ3v) is 4.31. The SMILES string of the molecule is CNCc1cccc(N2CCN3CCCCC3C2)n1. The summed E-state index contributed by atoms with van der Waals surface area (Å²) >= 11 is 0. The summed E-state index contributed by atoms with van der Waals surface area (Å²) < 4.78 is 0. The van der Waals surface area contributed by atoms with Crippen LogP contribution in [0.15, 0.2) is 18.2 Å². The maximum absolute atomic E-state index is 4.77. The molecule has 0 saturated carbocycles. The number of hydrogen-bond donors (Lipinski definition) is 1. The molecule has 1 aromatic rings. The number of nitrogens with zero attached hydrogens (tertiary/aromatic N) is 3. The van der Waals surface area contributed by atoms with Gasteiger partial charge in [0.2, 0.25) is 0 Å². The fourth-order valence-corrected chi connectivity index (χ4v) is 3.29. The van der Waals surface area contributed by atoms with E-state index < -0.39 is 0 Å². The van der Waals surface area contributed by atoms with Gasteiger partial charge < -0.3 is 10.2 Å². The molecular weight excluding hydrogens is 236 g/mol. The quantitative estimate of drug-likeness (QED) is 0.892. The number of hydrogen-bond acceptors (Lipinski definition) is 4. The Bertz CT molecular complexity index is 420. The first-order valence-corrected chi connectivity index (χ1v) is 7.46. The predicted octanol–water partition coefficient (Wildman–Crippen LogP) is 1.48. The molecule has 0 spiro atoms. The Morgan fingerprint density at radius 3 is 3.11 bits per heavy atom. The van der Waals surface area contributed by atoms with E-state index in [2.05, 4.69) is 33.3 Å². The monoisotopic (exact) mass is 260 g/mol. The number of fused-ring (bicyclic) bond motifs is 1. The number of rotatable bonds is 3. The van der Waals surface area contributed by atoms with E-state index in [1.54, 1.807) is 0 Å². The van der Waals surface area contributed by atoms with E-state index in [0.717, 1.165) is 37.2 Å². The summed E-state index contributed by atoms with van der Waals surface area (Å²) in [4.78, 5) is 9.90. The topological polar surface area (TPSA) is 31.4 Å². The molecule has 3 heterocycles. The van der Waals surface area contributed by atoms with Gasteiger partial charge >= 0.3 is 0 Å². The van der Waals surface area contributed by atoms with Crippen LogP contribution >= 0.6 is 0 Å². The minimum absolute atomic E-state index is 0.747. The molecule has 2 aliphatic rings. The van der Waals surface area contributed by atoms with Crippen molar-refractivity contribution in [2.45, 2.75) is 31.8 Å². The average molecular weight is 260 g/mol. The average Bonchev–Trinajstić information content (AvgIpc) is 2.47. The molecule has 1 aromatic heterocycles. The van der Waals surface area contributed by atoms with Crippen LogP contribution in [-0.2, 0) is 6.54 Å². The van der Waals surface area contributed by atoms with Crippen LogP contribution in [0.2, 0.25) is 0 Å². The van der Waals surface area contributed by atoms with Crippen molar-refractivity contribution in [2.24, 2.45) is 0 Å². The van der Waals surface area contributed by atoms with Crippen molar-refractivity contribution in [1.29, 1.82) is 0 Å². The van der Waals surface area contributed by atoms with Gasteiger partial charge in [-0.05, 0) is 38.6 Å². The van der Waals surface area contributed by atoms with Crippen LogP contribution in [0.4, 0.5) is 5.82 Å². The highest BCUT2D eigenvalue weighted by Crippen LogP contribution is 2.24. The normalized spacial score (nSPS) is 24.3. The van der Waals surface area contributed by atoms with Crippen molar-refractivity contribution in [3.05, 3.63) is 23.9 Å². The summed E-state index contributed by atoms with van der Waals surface area (Å²) in [7, 11) is 1.97. The molecule has 19 heavy (non-hydrogen) atoms. The Morgan fingerprint density at radius 2 is 2.21 bits per heavy atom. The molecule has 4 heteroatoms. The molecule has 0 amide bonds. The van der Waals surface area contributed by atoms with Gasteiger partial charge in [0.05, 0.1) is 5.69 Å². The first-order valence-electron chi connectivity index (χ1n) is 7.46. The summed E-state index contributed by atoms with van der Waals surface area (Å²) in [5, 5.41) is 3.17. The highest BCUT2D eigenvalue weighted by atomic mass is 15.3. The Labute approximate surface area is 115 Å². The highest BCUT2D eigenvalue weighted by Gasteiger charge is 2.29. The van der Waals surface area contributed by atoms with Gasteiger partial charge in [0.1, 0.15) is 5.82 Å². The highest BCUT2D eigenvalue weighted by molar-refractivity contribution is 5.40. The molecule has 0 aliphatic carbocycles. The molecular formula is C15H24N4. The van der Waals surface area contributed by atoms with Crippen molar-refractivity contribution >= 4 is 5.82 Å². The maximum Gasteiger partial charge on any atom is 0.128 e. The lowest BCUT2D eigenvalue weighted by Crippen LogP contribution is -2.55. The summed E-state index contributed by atoms with van der Waals surface area (Å²) in [6, 6.07) is 7.12. The molecule has 1 N–H and O–H groups in total. The zero-order valence-corrected chi connectivity index (χ0v) is 11.8. The molecule has 0 radical (unpaired) electrons. The first-order chi connectivity index (χ1) is 9.36. The second-order valence-corrected chi connectivity index (χ2v) is 5.65. The number of anilines is 1. The maximum atomic E-state index is 4.77. The van der Waals surface area contributed by atoms with E-state index in [-0.39, 0.29) is 0 Å². The number of pyridine rings is 1. The number of piperidine rings is 1. The van der Waals surface area contributed by atoms with Gasteiger partial charge in [-0.15, -0.1) is 0 Å². The lowest BCUT2D eigenvalue weighted by atomic mass is 9.99. The van der Waals surface area contributed by atoms with Crippen LogP contribution in [0.5, 0.6) is 0 Å². The second-order valence-electron chi connectivity index (χ2n) is 5.65. The van der Waals surface area contributed by atoms with E-state index in [4.69, 9.17) is 4.98 Å². The third-order valence-electron chi connectivity index (χ3n) is 4.31. The molecule has 4 nitrogen and oxygen atoms in total. The van der Waals surface area contributed by atoms with Crippen molar-refractivity contribution in [3.8, 4) is 0 Å². The van der Waals surface area contributed by atoms with Crippen molar-refractivity contribution in [1.82, 2.24) is 15.2 Å². The Balaban J connectivity index is 1.70. The van der Waals surface area contributed by atoms with Gasteiger partial charge in [0.15, 0.2) is 0 Å². The second kappa shape index (κ2) is 5.88. The van der Waals surface area contributed by atoms with Crippen LogP contribution in [-0.4, -0.2) is 49.2 Å². The lowest BCUT2D eigenvalue weighted by molar-refractivity contribution is 0.133. The smallest absolute Gasteiger partial charge is 0.128 e. The molecule has 2 saturated heterocycles. The third kappa shape index (κ3) is 2.90. The molecule has 3 rings (SSSR count). The Hall–Kier alpha value is -1.13. The number of aromatic nitrogens is 1. The summed E-state index contributed by atoms with van der Waals surface area (Å²) in [6.45, 7) is 5.61. The standard InChI is InChI=1S/C15H24N4/c1-16-11-13-5-4-7-15(17-13)19-10-9-18-8-3-2-6-14(18)12-19/h4-5,7,14,16H,2-3,6,8-12H2,1H3. The zero-order chi connectivity index (χ0) is 13.1. The van der Waals surface area contributed by atoms with Crippen molar-refractivity contribution in [3.63, 3.8) is 0 Å². The van der Waals surface area contributed by atoms with E-state index in [0.29, 0.717) is 0 Å². The van der Waals surface area contributed by atoms with Crippen molar-refractivity contribution < 1.29 is 0 Å². The van der Waals surface area contributed by atoms with Gasteiger partial charge in [-0.2, -0.15) is 0 Å². The lowest BCUT2D eigenvalue weighted by Gasteiger charge is -2.44. The molecule has 1 unspecified atom stereocenters. The number of piperazine rings is 1. The molecule has 0 bridgehead atoms. The van der Waals surface area contributed by atoms with E-state index in [9.17, 15) is 0 Å². The van der Waals surface area contributed by atoms with Crippen LogP contribution in [0, 0.1) is 0 Å². The Kier molecular flexibility index (Phi) is 3.99. The van der Waals surface area contributed by atoms with E-state index >= 15 is 0 Å². The minimum Gasteiger partial charge on any atom is -0.354 e. The van der Waals surface area contributed by atoms with E-state index in [1.807, 2.05) is 7.05 Å². The van der Waals surface area contributed by atoms with Gasteiger partial charge in [-0.1, -0.05) is 12.5 Å². The summed E-state index contributed by atoms with van der Waals surface area (Å²) in [5.41, 5.74) is 1.13. The van der Waals surface area contributed by atoms with Gasteiger partial charge in [0.25, 0.3) is 0 Å². The summed E-state index contributed by atoms with van der Waals surface area (Å²) in [5.74, 6) is 1.15. The van der Waals surface area contributed by atoms with Crippen LogP contribution in [0.3, 0.4) is 0 Å². The molecule has 2 aliphatic heterocycles. The van der Waals surface area contributed by atoms with Crippen molar-refractivity contribution in [2.75, 3.05) is 38.1 Å². The fourth-order valence-electron chi connectivity index (χ4n) is 3.29. The van der Waals surface area contributed by atoms with Crippen LogP contribution < -0.4 is 10.2 Å². The molecule has 1 atom stereocenters. The first kappa shape index (κ1) is 12.9. The number of nitrogens with one attached hydrogen (secondary N) is 1. The van der Waals surface area contributed by atoms with Crippen LogP contribution in [0.1, 0.15) is 25.0 Å². The predicted molar refractivity (Wildman–Crippen MR) is 78.4 cm³/mol. The minimum atomic E-state index is 0.747. The molecule has 0 aromatic carbocycles. The van der Waals surface area contributed by atoms with Crippen LogP contribution in [0.25, 0.3) is 0 Å². The Morgan fingerprint density at radius 1 is 1.26 bits per heavy atom. The molecule has 104 valence electrons. The zero-order valence-electron chi connectivity index (χ0n) is 11.8.